The number of nitrogens with zero attached hydrogens (tertiary/aromatic N) is 2. The minimum atomic E-state index is -1.48. The second kappa shape index (κ2) is 81.3. The molecule has 6 unspecified atom stereocenters. The number of likely N-dealkylation sites (N-methyl/N-ethyl adjacent to an activating group) is 1. The zero-order chi connectivity index (χ0) is 74.5. The maximum Gasteiger partial charge on any atom is 0.306 e. The topological polar surface area (TPSA) is 191 Å². The SMILES string of the molecule is CCCCCC/C=C\CCCCCCC(=O)OCC(O)CC.CCCCCCCCC(=O)N(C)CC(O)C(O)C(O)C(O)CC.CCCCCCCCCCCCCCCC(=O)OC(CCCCCCCCC)CCCCCCCC(C)=O.CCCCCCCCCCCC[N+](C)(C)C. The average Bonchev–Trinajstić information content (AvgIpc) is 0.957. The molecule has 0 fully saturated rings. The first-order valence-corrected chi connectivity index (χ1v) is 42.6. The number of hydrogen-bond donors (Lipinski definition) is 5. The Morgan fingerprint density at radius 1 is 0.374 bits per heavy atom. The van der Waals surface area contributed by atoms with Crippen LogP contribution in [0.3, 0.4) is 0 Å². The third kappa shape index (κ3) is 84.4. The number of aliphatic hydroxyl groups excluding tert-OH is 5. The molecule has 0 saturated heterocycles. The predicted octanol–water partition coefficient (Wildman–Crippen LogP) is 22.7. The van der Waals surface area contributed by atoms with Crippen molar-refractivity contribution in [3.8, 4) is 0 Å². The summed E-state index contributed by atoms with van der Waals surface area (Å²) in [5, 5.41) is 48.2. The number of esters is 2. The molecule has 0 rings (SSSR count). The first-order valence-electron chi connectivity index (χ1n) is 42.6. The molecule has 0 spiro atoms. The highest BCUT2D eigenvalue weighted by Gasteiger charge is 2.31. The largest absolute Gasteiger partial charge is 0.463 e. The summed E-state index contributed by atoms with van der Waals surface area (Å²) >= 11 is 0. The van der Waals surface area contributed by atoms with Crippen molar-refractivity contribution in [1.82, 2.24) is 4.90 Å². The van der Waals surface area contributed by atoms with Crippen molar-refractivity contribution in [1.29, 1.82) is 0 Å². The van der Waals surface area contributed by atoms with E-state index in [1.165, 1.54) is 268 Å². The van der Waals surface area contributed by atoms with Gasteiger partial charge in [-0.05, 0) is 110 Å². The lowest BCUT2D eigenvalue weighted by molar-refractivity contribution is -0.870. The first kappa shape index (κ1) is 103. The number of unbranched alkanes of at least 4 members (excludes halogenated alkanes) is 44. The van der Waals surface area contributed by atoms with Crippen molar-refractivity contribution < 1.29 is 58.7 Å². The number of ether oxygens (including phenoxy) is 2. The second-order valence-corrected chi connectivity index (χ2v) is 30.6. The maximum absolute atomic E-state index is 12.5. The van der Waals surface area contributed by atoms with E-state index in [9.17, 15) is 44.7 Å². The summed E-state index contributed by atoms with van der Waals surface area (Å²) < 4.78 is 12.1. The molecule has 0 radical (unpaired) electrons. The van der Waals surface area contributed by atoms with E-state index in [0.717, 1.165) is 94.4 Å². The summed E-state index contributed by atoms with van der Waals surface area (Å²) in [5.41, 5.74) is 0. The summed E-state index contributed by atoms with van der Waals surface area (Å²) in [6.45, 7) is 17.9. The van der Waals surface area contributed by atoms with Crippen molar-refractivity contribution in [3.05, 3.63) is 12.2 Å². The molecule has 592 valence electrons. The number of aliphatic hydroxyl groups is 5. The van der Waals surface area contributed by atoms with Gasteiger partial charge in [-0.25, -0.2) is 0 Å². The van der Waals surface area contributed by atoms with Crippen LogP contribution in [0, 0.1) is 0 Å². The highest BCUT2D eigenvalue weighted by molar-refractivity contribution is 5.76. The van der Waals surface area contributed by atoms with Crippen LogP contribution in [0.15, 0.2) is 12.2 Å². The van der Waals surface area contributed by atoms with E-state index >= 15 is 0 Å². The molecular formula is C86H173N2O11+. The Kier molecular flexibility index (Phi) is 84.5. The van der Waals surface area contributed by atoms with Gasteiger partial charge in [0.1, 0.15) is 36.8 Å². The molecule has 0 aromatic rings. The second-order valence-electron chi connectivity index (χ2n) is 30.6. The standard InChI is InChI=1S/C35H68O3.C19H36O3.C17H35NO5.C15H34N/c1-4-6-8-10-12-13-14-15-16-17-19-24-28-32-35(37)38-34(30-26-22-18-11-9-7-5-2)31-27-23-20-21-25-29-33(3)36;1-3-5-6-7-8-9-10-11-12-13-14-15-16-19(21)22-17-18(20)4-2;1-4-6-7-8-9-10-11-15(21)18(3)12-14(20)17(23)16(22)13(19)5-2;1-5-6-7-8-9-10-11-12-13-14-15-16(2,3)4/h34H,4-32H2,1-3H3;9-10,18,20H,3-8,11-17H2,1-2H3;13-14,16-17,19-20,22-23H,4-12H2,1-3H3;5-15H2,1-4H3/q;;;+1/b;10-9-;;. The number of carbonyl (C=O) groups excluding carboxylic acids is 4. The van der Waals surface area contributed by atoms with Gasteiger partial charge in [0.25, 0.3) is 0 Å². The zero-order valence-electron chi connectivity index (χ0n) is 68.0. The van der Waals surface area contributed by atoms with E-state index in [2.05, 4.69) is 67.9 Å². The van der Waals surface area contributed by atoms with Gasteiger partial charge in [-0.3, -0.25) is 14.4 Å². The quantitative estimate of drug-likeness (QED) is 0.0169. The number of carbonyl (C=O) groups is 4. The molecule has 0 heterocycles. The van der Waals surface area contributed by atoms with E-state index in [4.69, 9.17) is 9.47 Å². The highest BCUT2D eigenvalue weighted by Crippen LogP contribution is 2.21. The molecule has 0 aliphatic heterocycles. The van der Waals surface area contributed by atoms with Crippen molar-refractivity contribution >= 4 is 23.6 Å². The lowest BCUT2D eigenvalue weighted by Gasteiger charge is -2.28. The smallest absolute Gasteiger partial charge is 0.306 e. The van der Waals surface area contributed by atoms with Gasteiger partial charge in [0.2, 0.25) is 5.91 Å². The molecule has 0 aliphatic rings. The van der Waals surface area contributed by atoms with Gasteiger partial charge >= 0.3 is 11.9 Å². The molecular weight excluding hydrogens is 1240 g/mol. The van der Waals surface area contributed by atoms with E-state index in [1.54, 1.807) is 20.9 Å². The Morgan fingerprint density at radius 2 is 0.687 bits per heavy atom. The van der Waals surface area contributed by atoms with Crippen LogP contribution in [0.2, 0.25) is 0 Å². The number of rotatable bonds is 70. The van der Waals surface area contributed by atoms with Crippen LogP contribution in [-0.2, 0) is 28.7 Å². The fourth-order valence-electron chi connectivity index (χ4n) is 12.1. The monoisotopic (exact) mass is 1410 g/mol. The normalized spacial score (nSPS) is 13.3. The molecule has 0 saturated carbocycles. The van der Waals surface area contributed by atoms with Gasteiger partial charge in [0.05, 0.1) is 39.9 Å². The fourth-order valence-corrected chi connectivity index (χ4v) is 12.1. The minimum absolute atomic E-state index is 0.0301. The predicted molar refractivity (Wildman–Crippen MR) is 423 cm³/mol. The Balaban J connectivity index is -0.000000641. The number of hydrogen-bond acceptors (Lipinski definition) is 11. The summed E-state index contributed by atoms with van der Waals surface area (Å²) in [5.74, 6) is 0.0643. The van der Waals surface area contributed by atoms with E-state index in [0.29, 0.717) is 31.5 Å². The number of quaternary nitrogens is 1. The number of amides is 1. The molecule has 0 aromatic heterocycles. The third-order valence-corrected chi connectivity index (χ3v) is 19.1. The van der Waals surface area contributed by atoms with E-state index in [-0.39, 0.29) is 43.5 Å². The van der Waals surface area contributed by atoms with Gasteiger partial charge in [-0.15, -0.1) is 0 Å². The number of Topliss-reactive ketones (excluding diaryl/α,β-unsaturated/α-hetero) is 1. The molecule has 0 aromatic carbocycles. The highest BCUT2D eigenvalue weighted by atomic mass is 16.5. The molecule has 0 bridgehead atoms. The molecule has 5 N–H and O–H groups in total. The Labute approximate surface area is 615 Å². The van der Waals surface area contributed by atoms with Gasteiger partial charge in [0.15, 0.2) is 0 Å². The lowest BCUT2D eigenvalue weighted by atomic mass is 10.0. The van der Waals surface area contributed by atoms with Gasteiger partial charge in [0, 0.05) is 39.3 Å². The fraction of sp³-hybridized carbons (Fsp3) is 0.930. The summed E-state index contributed by atoms with van der Waals surface area (Å²) in [7, 11) is 8.42. The van der Waals surface area contributed by atoms with Crippen LogP contribution in [0.5, 0.6) is 0 Å². The molecule has 6 atom stereocenters. The first-order chi connectivity index (χ1) is 47.7. The molecule has 99 heavy (non-hydrogen) atoms. The Hall–Kier alpha value is -2.42. The van der Waals surface area contributed by atoms with Crippen LogP contribution in [0.1, 0.15) is 434 Å². The number of ketones is 1. The van der Waals surface area contributed by atoms with Crippen LogP contribution < -0.4 is 0 Å². The summed E-state index contributed by atoms with van der Waals surface area (Å²) in [4.78, 5) is 48.4. The third-order valence-electron chi connectivity index (χ3n) is 19.1. The lowest BCUT2D eigenvalue weighted by Crippen LogP contribution is -2.49. The minimum Gasteiger partial charge on any atom is -0.463 e. The van der Waals surface area contributed by atoms with E-state index in [1.807, 2.05) is 6.92 Å². The molecule has 1 amide bonds. The van der Waals surface area contributed by atoms with Crippen LogP contribution in [-0.4, -0.2) is 143 Å². The van der Waals surface area contributed by atoms with Gasteiger partial charge in [-0.2, -0.15) is 0 Å². The summed E-state index contributed by atoms with van der Waals surface area (Å²) in [6.07, 6.45) is 69.2. The molecule has 13 nitrogen and oxygen atoms in total. The Morgan fingerprint density at radius 3 is 1.05 bits per heavy atom. The number of allylic oxidation sites excluding steroid dienone is 2. The van der Waals surface area contributed by atoms with Gasteiger partial charge in [-0.1, -0.05) is 311 Å². The van der Waals surface area contributed by atoms with Gasteiger partial charge < -0.3 is 49.2 Å². The van der Waals surface area contributed by atoms with Crippen molar-refractivity contribution in [2.75, 3.05) is 47.9 Å². The van der Waals surface area contributed by atoms with Crippen LogP contribution in [0.25, 0.3) is 0 Å². The van der Waals surface area contributed by atoms with Crippen LogP contribution in [0.4, 0.5) is 0 Å². The molecule has 0 aliphatic carbocycles. The van der Waals surface area contributed by atoms with Crippen LogP contribution >= 0.6 is 0 Å². The Bertz CT molecular complexity index is 1690. The average molecular weight is 1410 g/mol. The summed E-state index contributed by atoms with van der Waals surface area (Å²) in [6, 6.07) is 0. The van der Waals surface area contributed by atoms with E-state index < -0.39 is 30.5 Å². The van der Waals surface area contributed by atoms with Crippen molar-refractivity contribution in [3.63, 3.8) is 0 Å². The molecule has 13 heteroatoms. The van der Waals surface area contributed by atoms with Crippen molar-refractivity contribution in [2.24, 2.45) is 0 Å². The zero-order valence-corrected chi connectivity index (χ0v) is 68.0. The maximum atomic E-state index is 12.5. The van der Waals surface area contributed by atoms with Crippen molar-refractivity contribution in [2.45, 2.75) is 471 Å².